The van der Waals surface area contributed by atoms with Gasteiger partial charge in [0.25, 0.3) is 5.91 Å². The molecule has 0 aromatic carbocycles. The summed E-state index contributed by atoms with van der Waals surface area (Å²) >= 11 is 1.67. The highest BCUT2D eigenvalue weighted by molar-refractivity contribution is 7.09. The molecule has 0 atom stereocenters. The molecule has 4 aromatic heterocycles. The highest BCUT2D eigenvalue weighted by Crippen LogP contribution is 2.21. The van der Waals surface area contributed by atoms with Gasteiger partial charge in [-0.15, -0.1) is 11.3 Å². The van der Waals surface area contributed by atoms with E-state index in [4.69, 9.17) is 4.52 Å². The molecule has 4 heterocycles. The van der Waals surface area contributed by atoms with Gasteiger partial charge in [0, 0.05) is 22.7 Å². The van der Waals surface area contributed by atoms with E-state index in [0.717, 1.165) is 22.3 Å². The van der Waals surface area contributed by atoms with Crippen molar-refractivity contribution in [2.45, 2.75) is 33.9 Å². The van der Waals surface area contributed by atoms with Gasteiger partial charge in [-0.2, -0.15) is 5.10 Å². The van der Waals surface area contributed by atoms with Crippen LogP contribution in [0.4, 0.5) is 0 Å². The summed E-state index contributed by atoms with van der Waals surface area (Å²) in [7, 11) is 0. The Balaban J connectivity index is 1.63. The number of aromatic nitrogens is 4. The Labute approximate surface area is 160 Å². The number of nitrogens with one attached hydrogen (secondary N) is 1. The molecule has 8 heteroatoms. The fraction of sp³-hybridized carbons (Fsp3) is 0.263. The van der Waals surface area contributed by atoms with Gasteiger partial charge in [-0.3, -0.25) is 4.79 Å². The number of thiophene rings is 1. The molecule has 0 radical (unpaired) electrons. The number of pyridine rings is 1. The first-order valence-corrected chi connectivity index (χ1v) is 9.46. The summed E-state index contributed by atoms with van der Waals surface area (Å²) in [6.07, 6.45) is 1.71. The van der Waals surface area contributed by atoms with E-state index in [1.54, 1.807) is 23.6 Å². The van der Waals surface area contributed by atoms with Crippen molar-refractivity contribution in [1.82, 2.24) is 25.2 Å². The number of carbonyl (C=O) groups excluding carboxylic acids is 1. The van der Waals surface area contributed by atoms with Crippen LogP contribution in [0.3, 0.4) is 0 Å². The lowest BCUT2D eigenvalue weighted by Crippen LogP contribution is -2.23. The summed E-state index contributed by atoms with van der Waals surface area (Å²) < 4.78 is 6.98. The Hall–Kier alpha value is -3.00. The number of carbonyl (C=O) groups is 1. The zero-order valence-electron chi connectivity index (χ0n) is 15.3. The molecule has 0 fully saturated rings. The van der Waals surface area contributed by atoms with E-state index in [1.165, 1.54) is 4.88 Å². The molecule has 4 aromatic rings. The van der Waals surface area contributed by atoms with Gasteiger partial charge in [0.15, 0.2) is 5.65 Å². The Morgan fingerprint density at radius 1 is 1.33 bits per heavy atom. The van der Waals surface area contributed by atoms with E-state index in [9.17, 15) is 4.79 Å². The predicted octanol–water partition coefficient (Wildman–Crippen LogP) is 3.38. The van der Waals surface area contributed by atoms with E-state index in [1.807, 2.05) is 36.9 Å². The molecule has 0 unspecified atom stereocenters. The van der Waals surface area contributed by atoms with Crippen molar-refractivity contribution in [2.24, 2.45) is 0 Å². The molecule has 7 nitrogen and oxygen atoms in total. The quantitative estimate of drug-likeness (QED) is 0.573. The first-order chi connectivity index (χ1) is 13.0. The molecular formula is C19H19N5O2S. The smallest absolute Gasteiger partial charge is 0.252 e. The Bertz CT molecular complexity index is 1090. The molecule has 27 heavy (non-hydrogen) atoms. The van der Waals surface area contributed by atoms with Crippen LogP contribution in [0.5, 0.6) is 0 Å². The van der Waals surface area contributed by atoms with Crippen molar-refractivity contribution >= 4 is 28.3 Å². The number of nitrogens with zero attached hydrogens (tertiary/aromatic N) is 4. The largest absolute Gasteiger partial charge is 0.361 e. The summed E-state index contributed by atoms with van der Waals surface area (Å²) in [5.74, 6) is 0.550. The van der Waals surface area contributed by atoms with Crippen LogP contribution in [-0.2, 0) is 13.1 Å². The third kappa shape index (κ3) is 3.35. The maximum atomic E-state index is 12.8. The van der Waals surface area contributed by atoms with E-state index >= 15 is 0 Å². The fourth-order valence-corrected chi connectivity index (χ4v) is 3.73. The van der Waals surface area contributed by atoms with Gasteiger partial charge >= 0.3 is 0 Å². The van der Waals surface area contributed by atoms with Crippen LogP contribution in [0.15, 0.2) is 34.3 Å². The molecule has 0 aliphatic heterocycles. The summed E-state index contributed by atoms with van der Waals surface area (Å²) in [5, 5.41) is 14.1. The van der Waals surface area contributed by atoms with Gasteiger partial charge < -0.3 is 9.84 Å². The summed E-state index contributed by atoms with van der Waals surface area (Å²) in [5.41, 5.74) is 3.75. The van der Waals surface area contributed by atoms with Gasteiger partial charge in [-0.05, 0) is 38.3 Å². The third-order valence-electron chi connectivity index (χ3n) is 4.47. The monoisotopic (exact) mass is 381 g/mol. The van der Waals surface area contributed by atoms with Crippen molar-refractivity contribution in [1.29, 1.82) is 0 Å². The molecule has 138 valence electrons. The minimum Gasteiger partial charge on any atom is -0.361 e. The molecule has 0 bridgehead atoms. The number of fused-ring (bicyclic) bond motifs is 1. The summed E-state index contributed by atoms with van der Waals surface area (Å²) in [6, 6.07) is 5.87. The minimum atomic E-state index is -0.166. The molecular weight excluding hydrogens is 362 g/mol. The molecule has 0 aliphatic rings. The lowest BCUT2D eigenvalue weighted by atomic mass is 10.1. The average molecular weight is 381 g/mol. The van der Waals surface area contributed by atoms with Gasteiger partial charge in [0.05, 0.1) is 29.4 Å². The normalized spacial score (nSPS) is 11.2. The van der Waals surface area contributed by atoms with Crippen molar-refractivity contribution in [3.63, 3.8) is 0 Å². The Morgan fingerprint density at radius 3 is 2.89 bits per heavy atom. The Kier molecular flexibility index (Phi) is 4.49. The minimum absolute atomic E-state index is 0.166. The molecule has 0 saturated heterocycles. The van der Waals surface area contributed by atoms with Crippen LogP contribution in [-0.4, -0.2) is 25.8 Å². The highest BCUT2D eigenvalue weighted by atomic mass is 32.1. The molecule has 4 rings (SSSR count). The lowest BCUT2D eigenvalue weighted by molar-refractivity contribution is 0.0952. The van der Waals surface area contributed by atoms with Crippen LogP contribution >= 0.6 is 11.3 Å². The van der Waals surface area contributed by atoms with Crippen LogP contribution in [0.25, 0.3) is 11.0 Å². The zero-order chi connectivity index (χ0) is 19.0. The number of aryl methyl sites for hydroxylation is 3. The maximum absolute atomic E-state index is 12.8. The SMILES string of the molecule is Cc1cc(C(=O)NCc2c(C)noc2C)c2cnn(Cc3cccs3)c2n1. The molecule has 0 spiro atoms. The Morgan fingerprint density at radius 2 is 2.19 bits per heavy atom. The number of rotatable bonds is 5. The number of amides is 1. The highest BCUT2D eigenvalue weighted by Gasteiger charge is 2.17. The standard InChI is InChI=1S/C19H19N5O2S/c1-11-7-15(19(25)20-8-16-12(2)23-26-13(16)3)17-9-21-24(18(17)22-11)10-14-5-4-6-27-14/h4-7,9H,8,10H2,1-3H3,(H,20,25). The van der Waals surface area contributed by atoms with E-state index in [2.05, 4.69) is 26.6 Å². The van der Waals surface area contributed by atoms with Crippen molar-refractivity contribution in [2.75, 3.05) is 0 Å². The first kappa shape index (κ1) is 17.4. The molecule has 0 saturated carbocycles. The molecule has 0 aliphatic carbocycles. The first-order valence-electron chi connectivity index (χ1n) is 8.58. The van der Waals surface area contributed by atoms with E-state index in [-0.39, 0.29) is 5.91 Å². The molecule has 1 N–H and O–H groups in total. The van der Waals surface area contributed by atoms with Crippen LogP contribution in [0.1, 0.15) is 37.9 Å². The van der Waals surface area contributed by atoms with Gasteiger partial charge in [-0.25, -0.2) is 9.67 Å². The maximum Gasteiger partial charge on any atom is 0.252 e. The third-order valence-corrected chi connectivity index (χ3v) is 5.34. The second-order valence-corrected chi connectivity index (χ2v) is 7.45. The van der Waals surface area contributed by atoms with Gasteiger partial charge in [0.2, 0.25) is 0 Å². The van der Waals surface area contributed by atoms with Crippen LogP contribution in [0.2, 0.25) is 0 Å². The second-order valence-electron chi connectivity index (χ2n) is 6.42. The van der Waals surface area contributed by atoms with Crippen LogP contribution < -0.4 is 5.32 Å². The number of hydrogen-bond acceptors (Lipinski definition) is 6. The zero-order valence-corrected chi connectivity index (χ0v) is 16.1. The number of hydrogen-bond donors (Lipinski definition) is 1. The van der Waals surface area contributed by atoms with Crippen molar-refractivity contribution in [3.05, 3.63) is 62.9 Å². The fourth-order valence-electron chi connectivity index (χ4n) is 3.04. The van der Waals surface area contributed by atoms with Crippen molar-refractivity contribution in [3.8, 4) is 0 Å². The van der Waals surface area contributed by atoms with E-state index in [0.29, 0.717) is 30.1 Å². The van der Waals surface area contributed by atoms with Gasteiger partial charge in [-0.1, -0.05) is 11.2 Å². The molecule has 1 amide bonds. The van der Waals surface area contributed by atoms with Crippen molar-refractivity contribution < 1.29 is 9.32 Å². The summed E-state index contributed by atoms with van der Waals surface area (Å²) in [4.78, 5) is 18.6. The van der Waals surface area contributed by atoms with Crippen LogP contribution in [0, 0.1) is 20.8 Å². The summed E-state index contributed by atoms with van der Waals surface area (Å²) in [6.45, 7) is 6.59. The second kappa shape index (κ2) is 6.96. The van der Waals surface area contributed by atoms with Gasteiger partial charge in [0.1, 0.15) is 5.76 Å². The topological polar surface area (TPSA) is 85.8 Å². The lowest BCUT2D eigenvalue weighted by Gasteiger charge is -2.08. The average Bonchev–Trinajstić information content (AvgIpc) is 3.36. The van der Waals surface area contributed by atoms with E-state index < -0.39 is 0 Å². The predicted molar refractivity (Wildman–Crippen MR) is 103 cm³/mol.